The van der Waals surface area contributed by atoms with Crippen LogP contribution in [0.15, 0.2) is 18.2 Å². The standard InChI is InChI=1S/C11H18N2O3/c1-15-9-7-13(6-8-14)10-4-3-5-11(12-10)16-2/h3-5,14H,6-9H2,1-2H3. The number of hydrogen-bond acceptors (Lipinski definition) is 5. The first kappa shape index (κ1) is 12.7. The molecule has 0 amide bonds. The van der Waals surface area contributed by atoms with Crippen LogP contribution in [0.4, 0.5) is 5.82 Å². The predicted molar refractivity (Wildman–Crippen MR) is 62.0 cm³/mol. The van der Waals surface area contributed by atoms with Crippen LogP contribution in [0.25, 0.3) is 0 Å². The van der Waals surface area contributed by atoms with Crippen LogP contribution >= 0.6 is 0 Å². The molecule has 0 bridgehead atoms. The van der Waals surface area contributed by atoms with Gasteiger partial charge in [-0.2, -0.15) is 4.98 Å². The number of nitrogens with zero attached hydrogens (tertiary/aromatic N) is 2. The van der Waals surface area contributed by atoms with Crippen molar-refractivity contribution in [2.75, 3.05) is 45.4 Å². The fourth-order valence-corrected chi connectivity index (χ4v) is 1.36. The van der Waals surface area contributed by atoms with Crippen LogP contribution in [0.1, 0.15) is 0 Å². The number of pyridine rings is 1. The molecule has 0 spiro atoms. The van der Waals surface area contributed by atoms with E-state index in [0.717, 1.165) is 5.82 Å². The highest BCUT2D eigenvalue weighted by Gasteiger charge is 2.07. The highest BCUT2D eigenvalue weighted by atomic mass is 16.5. The molecule has 0 aliphatic carbocycles. The third kappa shape index (κ3) is 3.67. The molecule has 1 heterocycles. The summed E-state index contributed by atoms with van der Waals surface area (Å²) in [7, 11) is 3.23. The van der Waals surface area contributed by atoms with Crippen molar-refractivity contribution in [1.29, 1.82) is 0 Å². The largest absolute Gasteiger partial charge is 0.481 e. The summed E-state index contributed by atoms with van der Waals surface area (Å²) in [5.74, 6) is 1.35. The molecule has 0 aliphatic heterocycles. The maximum atomic E-state index is 8.98. The van der Waals surface area contributed by atoms with Crippen molar-refractivity contribution < 1.29 is 14.6 Å². The molecule has 0 aliphatic rings. The van der Waals surface area contributed by atoms with E-state index in [-0.39, 0.29) is 6.61 Å². The summed E-state index contributed by atoms with van der Waals surface area (Å²) < 4.78 is 10.1. The third-order valence-electron chi connectivity index (χ3n) is 2.18. The smallest absolute Gasteiger partial charge is 0.214 e. The zero-order chi connectivity index (χ0) is 11.8. The summed E-state index contributed by atoms with van der Waals surface area (Å²) in [5.41, 5.74) is 0. The number of ether oxygens (including phenoxy) is 2. The lowest BCUT2D eigenvalue weighted by Crippen LogP contribution is -2.30. The number of methoxy groups -OCH3 is 2. The topological polar surface area (TPSA) is 54.8 Å². The number of aliphatic hydroxyl groups excluding tert-OH is 1. The van der Waals surface area contributed by atoms with Gasteiger partial charge in [-0.05, 0) is 6.07 Å². The summed E-state index contributed by atoms with van der Waals surface area (Å²) in [4.78, 5) is 6.25. The molecule has 0 unspecified atom stereocenters. The molecule has 5 heteroatoms. The molecule has 1 rings (SSSR count). The van der Waals surface area contributed by atoms with Gasteiger partial charge in [-0.25, -0.2) is 0 Å². The van der Waals surface area contributed by atoms with Crippen LogP contribution < -0.4 is 9.64 Å². The van der Waals surface area contributed by atoms with Crippen LogP contribution in [-0.2, 0) is 4.74 Å². The van der Waals surface area contributed by atoms with E-state index in [4.69, 9.17) is 14.6 Å². The maximum Gasteiger partial charge on any atom is 0.214 e. The van der Waals surface area contributed by atoms with E-state index in [9.17, 15) is 0 Å². The molecular weight excluding hydrogens is 208 g/mol. The van der Waals surface area contributed by atoms with Crippen LogP contribution in [0.5, 0.6) is 5.88 Å². The molecule has 90 valence electrons. The Morgan fingerprint density at radius 3 is 2.75 bits per heavy atom. The second-order valence-corrected chi connectivity index (χ2v) is 3.24. The van der Waals surface area contributed by atoms with Crippen LogP contribution in [0.3, 0.4) is 0 Å². The van der Waals surface area contributed by atoms with Gasteiger partial charge in [0, 0.05) is 26.3 Å². The molecule has 1 N–H and O–H groups in total. The Kier molecular flexibility index (Phi) is 5.60. The van der Waals surface area contributed by atoms with Crippen molar-refractivity contribution in [1.82, 2.24) is 4.98 Å². The predicted octanol–water partition coefficient (Wildman–Crippen LogP) is 0.535. The van der Waals surface area contributed by atoms with E-state index in [2.05, 4.69) is 4.98 Å². The first-order valence-corrected chi connectivity index (χ1v) is 5.17. The van der Waals surface area contributed by atoms with Gasteiger partial charge in [0.25, 0.3) is 0 Å². The first-order chi connectivity index (χ1) is 7.81. The van der Waals surface area contributed by atoms with Crippen LogP contribution in [0, 0.1) is 0 Å². The molecule has 0 atom stereocenters. The van der Waals surface area contributed by atoms with Crippen molar-refractivity contribution >= 4 is 5.82 Å². The monoisotopic (exact) mass is 226 g/mol. The highest BCUT2D eigenvalue weighted by molar-refractivity contribution is 5.40. The van der Waals surface area contributed by atoms with Gasteiger partial charge in [-0.1, -0.05) is 6.07 Å². The quantitative estimate of drug-likeness (QED) is 0.735. The molecule has 1 aromatic rings. The average molecular weight is 226 g/mol. The lowest BCUT2D eigenvalue weighted by molar-refractivity contribution is 0.202. The number of rotatable bonds is 7. The minimum atomic E-state index is 0.0859. The van der Waals surface area contributed by atoms with Gasteiger partial charge < -0.3 is 19.5 Å². The van der Waals surface area contributed by atoms with E-state index in [0.29, 0.717) is 25.6 Å². The second kappa shape index (κ2) is 7.03. The van der Waals surface area contributed by atoms with E-state index < -0.39 is 0 Å². The van der Waals surface area contributed by atoms with E-state index in [1.54, 1.807) is 20.3 Å². The molecule has 0 aromatic carbocycles. The molecule has 5 nitrogen and oxygen atoms in total. The van der Waals surface area contributed by atoms with Crippen LogP contribution in [0.2, 0.25) is 0 Å². The normalized spacial score (nSPS) is 10.2. The summed E-state index contributed by atoms with van der Waals surface area (Å²) in [6.45, 7) is 1.91. The molecule has 1 aromatic heterocycles. The number of aliphatic hydroxyl groups is 1. The van der Waals surface area contributed by atoms with Gasteiger partial charge >= 0.3 is 0 Å². The first-order valence-electron chi connectivity index (χ1n) is 5.17. The fraction of sp³-hybridized carbons (Fsp3) is 0.545. The molecule has 0 saturated heterocycles. The number of anilines is 1. The maximum absolute atomic E-state index is 8.98. The summed E-state index contributed by atoms with van der Waals surface area (Å²) in [6, 6.07) is 5.54. The van der Waals surface area contributed by atoms with E-state index >= 15 is 0 Å². The van der Waals surface area contributed by atoms with Crippen LogP contribution in [-0.4, -0.2) is 50.6 Å². The Morgan fingerprint density at radius 2 is 2.12 bits per heavy atom. The zero-order valence-electron chi connectivity index (χ0n) is 9.72. The summed E-state index contributed by atoms with van der Waals surface area (Å²) in [5, 5.41) is 8.98. The Hall–Kier alpha value is -1.33. The molecule has 16 heavy (non-hydrogen) atoms. The van der Waals surface area contributed by atoms with Crippen molar-refractivity contribution in [3.05, 3.63) is 18.2 Å². The fourth-order valence-electron chi connectivity index (χ4n) is 1.36. The number of aromatic nitrogens is 1. The second-order valence-electron chi connectivity index (χ2n) is 3.24. The molecule has 0 fully saturated rings. The highest BCUT2D eigenvalue weighted by Crippen LogP contribution is 2.14. The van der Waals surface area contributed by atoms with E-state index in [1.165, 1.54) is 0 Å². The van der Waals surface area contributed by atoms with Gasteiger partial charge in [0.2, 0.25) is 5.88 Å². The Morgan fingerprint density at radius 1 is 1.31 bits per heavy atom. The Balaban J connectivity index is 2.73. The van der Waals surface area contributed by atoms with Gasteiger partial charge in [0.1, 0.15) is 5.82 Å². The molecular formula is C11H18N2O3. The Labute approximate surface area is 95.6 Å². The SMILES string of the molecule is COCCN(CCO)c1cccc(OC)n1. The van der Waals surface area contributed by atoms with Crippen molar-refractivity contribution in [3.8, 4) is 5.88 Å². The lowest BCUT2D eigenvalue weighted by atomic mass is 10.4. The summed E-state index contributed by atoms with van der Waals surface area (Å²) >= 11 is 0. The van der Waals surface area contributed by atoms with Crippen molar-refractivity contribution in [2.24, 2.45) is 0 Å². The van der Waals surface area contributed by atoms with E-state index in [1.807, 2.05) is 17.0 Å². The summed E-state index contributed by atoms with van der Waals surface area (Å²) in [6.07, 6.45) is 0. The van der Waals surface area contributed by atoms with Gasteiger partial charge in [0.05, 0.1) is 20.3 Å². The van der Waals surface area contributed by atoms with Crippen molar-refractivity contribution in [3.63, 3.8) is 0 Å². The van der Waals surface area contributed by atoms with Crippen molar-refractivity contribution in [2.45, 2.75) is 0 Å². The minimum absolute atomic E-state index is 0.0859. The zero-order valence-corrected chi connectivity index (χ0v) is 9.72. The van der Waals surface area contributed by atoms with Gasteiger partial charge in [-0.3, -0.25) is 0 Å². The van der Waals surface area contributed by atoms with Gasteiger partial charge in [0.15, 0.2) is 0 Å². The Bertz CT molecular complexity index is 307. The minimum Gasteiger partial charge on any atom is -0.481 e. The third-order valence-corrected chi connectivity index (χ3v) is 2.18. The van der Waals surface area contributed by atoms with Gasteiger partial charge in [-0.15, -0.1) is 0 Å². The molecule has 0 radical (unpaired) electrons. The lowest BCUT2D eigenvalue weighted by Gasteiger charge is -2.22. The average Bonchev–Trinajstić information content (AvgIpc) is 2.34. The number of hydrogen-bond donors (Lipinski definition) is 1. The molecule has 0 saturated carbocycles.